The molecule has 208 valence electrons. The third kappa shape index (κ3) is 5.73. The van der Waals surface area contributed by atoms with Crippen LogP contribution in [-0.2, 0) is 16.1 Å². The number of aromatic nitrogens is 1. The molecule has 1 aliphatic rings. The molecule has 1 atom stereocenters. The lowest BCUT2D eigenvalue weighted by Gasteiger charge is -2.24. The Morgan fingerprint density at radius 2 is 1.78 bits per heavy atom. The van der Waals surface area contributed by atoms with E-state index in [1.807, 2.05) is 49.4 Å². The molecule has 1 aliphatic heterocycles. The average molecular weight is 570 g/mol. The summed E-state index contributed by atoms with van der Waals surface area (Å²) in [6.07, 6.45) is 1.75. The Morgan fingerprint density at radius 3 is 2.46 bits per heavy atom. The van der Waals surface area contributed by atoms with E-state index in [2.05, 4.69) is 4.99 Å². The van der Waals surface area contributed by atoms with E-state index in [0.29, 0.717) is 31.9 Å². The molecule has 4 aromatic rings. The minimum atomic E-state index is -0.679. The topological polar surface area (TPSA) is 113 Å². The molecule has 1 aromatic heterocycles. The summed E-state index contributed by atoms with van der Waals surface area (Å²) in [6, 6.07) is 20.5. The summed E-state index contributed by atoms with van der Waals surface area (Å²) in [5, 5.41) is 10.9. The van der Waals surface area contributed by atoms with Gasteiger partial charge >= 0.3 is 5.97 Å². The first-order valence-corrected chi connectivity index (χ1v) is 13.8. The summed E-state index contributed by atoms with van der Waals surface area (Å²) in [5.41, 5.74) is 3.87. The highest BCUT2D eigenvalue weighted by molar-refractivity contribution is 7.07. The van der Waals surface area contributed by atoms with Crippen LogP contribution in [0.25, 0.3) is 6.08 Å². The Hall–Kier alpha value is -4.83. The number of benzene rings is 3. The van der Waals surface area contributed by atoms with E-state index >= 15 is 0 Å². The van der Waals surface area contributed by atoms with Gasteiger partial charge in [0.15, 0.2) is 4.80 Å². The number of fused-ring (bicyclic) bond motifs is 1. The number of allylic oxidation sites excluding steroid dienone is 1. The molecule has 3 aromatic carbocycles. The van der Waals surface area contributed by atoms with Gasteiger partial charge < -0.3 is 9.47 Å². The number of carbonyl (C=O) groups excluding carboxylic acids is 1. The van der Waals surface area contributed by atoms with Crippen molar-refractivity contribution >= 4 is 29.1 Å². The van der Waals surface area contributed by atoms with Crippen molar-refractivity contribution in [2.45, 2.75) is 33.4 Å². The molecule has 5 rings (SSSR count). The largest absolute Gasteiger partial charge is 0.488 e. The van der Waals surface area contributed by atoms with Crippen molar-refractivity contribution in [3.63, 3.8) is 0 Å². The molecular weight excluding hydrogens is 542 g/mol. The molecule has 0 fully saturated rings. The predicted octanol–water partition coefficient (Wildman–Crippen LogP) is 4.59. The zero-order chi connectivity index (χ0) is 29.1. The van der Waals surface area contributed by atoms with Crippen molar-refractivity contribution < 1.29 is 19.2 Å². The third-order valence-electron chi connectivity index (χ3n) is 6.66. The molecule has 0 N–H and O–H groups in total. The molecule has 10 heteroatoms. The number of aryl methyl sites for hydroxylation is 1. The van der Waals surface area contributed by atoms with E-state index in [4.69, 9.17) is 9.47 Å². The van der Waals surface area contributed by atoms with Gasteiger partial charge in [-0.15, -0.1) is 0 Å². The number of thiazole rings is 1. The zero-order valence-corrected chi connectivity index (χ0v) is 23.5. The molecule has 0 spiro atoms. The number of ether oxygens (including phenoxy) is 2. The monoisotopic (exact) mass is 569 g/mol. The predicted molar refractivity (Wildman–Crippen MR) is 155 cm³/mol. The number of hydrogen-bond donors (Lipinski definition) is 0. The Morgan fingerprint density at radius 1 is 1.07 bits per heavy atom. The van der Waals surface area contributed by atoms with Crippen LogP contribution in [0.4, 0.5) is 5.69 Å². The van der Waals surface area contributed by atoms with Crippen LogP contribution in [0.15, 0.2) is 93.9 Å². The first-order valence-electron chi connectivity index (χ1n) is 13.0. The van der Waals surface area contributed by atoms with E-state index in [-0.39, 0.29) is 24.5 Å². The van der Waals surface area contributed by atoms with Gasteiger partial charge in [-0.3, -0.25) is 19.5 Å². The summed E-state index contributed by atoms with van der Waals surface area (Å²) in [6.45, 7) is 5.87. The number of non-ortho nitro benzene ring substituents is 1. The first-order chi connectivity index (χ1) is 19.8. The van der Waals surface area contributed by atoms with Gasteiger partial charge in [-0.25, -0.2) is 9.79 Å². The van der Waals surface area contributed by atoms with Gasteiger partial charge in [-0.2, -0.15) is 0 Å². The third-order valence-corrected chi connectivity index (χ3v) is 7.64. The van der Waals surface area contributed by atoms with Crippen molar-refractivity contribution in [2.24, 2.45) is 4.99 Å². The summed E-state index contributed by atoms with van der Waals surface area (Å²) >= 11 is 1.24. The van der Waals surface area contributed by atoms with Gasteiger partial charge in [-0.05, 0) is 56.2 Å². The Kier molecular flexibility index (Phi) is 7.93. The van der Waals surface area contributed by atoms with Crippen molar-refractivity contribution in [3.05, 3.63) is 136 Å². The van der Waals surface area contributed by atoms with Crippen LogP contribution in [0.5, 0.6) is 5.75 Å². The highest BCUT2D eigenvalue weighted by atomic mass is 32.1. The lowest BCUT2D eigenvalue weighted by atomic mass is 9.95. The second-order valence-electron chi connectivity index (χ2n) is 9.46. The van der Waals surface area contributed by atoms with Crippen LogP contribution in [0.2, 0.25) is 0 Å². The van der Waals surface area contributed by atoms with Crippen LogP contribution in [0.3, 0.4) is 0 Å². The Balaban J connectivity index is 1.55. The summed E-state index contributed by atoms with van der Waals surface area (Å²) in [5.74, 6) is 0.0498. The van der Waals surface area contributed by atoms with Crippen LogP contribution in [0, 0.1) is 17.0 Å². The van der Waals surface area contributed by atoms with Gasteiger partial charge in [0.05, 0.1) is 33.4 Å². The van der Waals surface area contributed by atoms with E-state index in [1.54, 1.807) is 42.7 Å². The molecule has 0 radical (unpaired) electrons. The molecule has 0 bridgehead atoms. The first kappa shape index (κ1) is 27.7. The number of nitro groups is 1. The Bertz CT molecular complexity index is 1840. The molecule has 9 nitrogen and oxygen atoms in total. The van der Waals surface area contributed by atoms with Crippen LogP contribution in [0.1, 0.15) is 42.1 Å². The van der Waals surface area contributed by atoms with Crippen molar-refractivity contribution in [2.75, 3.05) is 6.61 Å². The number of rotatable bonds is 8. The summed E-state index contributed by atoms with van der Waals surface area (Å²) < 4.78 is 13.4. The van der Waals surface area contributed by atoms with Gasteiger partial charge in [0, 0.05) is 17.7 Å². The highest BCUT2D eigenvalue weighted by Gasteiger charge is 2.33. The quantitative estimate of drug-likeness (QED) is 0.174. The number of nitro benzene ring substituents is 1. The van der Waals surface area contributed by atoms with E-state index in [1.165, 1.54) is 23.5 Å². The fourth-order valence-electron chi connectivity index (χ4n) is 4.60. The maximum atomic E-state index is 13.9. The molecule has 41 heavy (non-hydrogen) atoms. The van der Waals surface area contributed by atoms with Crippen molar-refractivity contribution in [1.29, 1.82) is 0 Å². The fourth-order valence-corrected chi connectivity index (χ4v) is 5.64. The maximum Gasteiger partial charge on any atom is 0.338 e. The van der Waals surface area contributed by atoms with Crippen LogP contribution >= 0.6 is 11.3 Å². The smallest absolute Gasteiger partial charge is 0.338 e. The second-order valence-corrected chi connectivity index (χ2v) is 10.5. The van der Waals surface area contributed by atoms with E-state index in [9.17, 15) is 19.7 Å². The fraction of sp³-hybridized carbons (Fsp3) is 0.194. The van der Waals surface area contributed by atoms with Crippen molar-refractivity contribution in [3.8, 4) is 5.75 Å². The number of carbonyl (C=O) groups is 1. The molecular formula is C31H27N3O6S. The molecule has 0 unspecified atom stereocenters. The maximum absolute atomic E-state index is 13.9. The normalized spacial score (nSPS) is 14.8. The van der Waals surface area contributed by atoms with Crippen molar-refractivity contribution in [1.82, 2.24) is 4.57 Å². The van der Waals surface area contributed by atoms with E-state index in [0.717, 1.165) is 16.7 Å². The SMILES string of the molecule is CCOC(=O)C1=C(C)N=c2s/c(=C/c3ccccc3OCc3ccc([N+](=O)[O-])cc3)c(=O)n2[C@@H]1c1ccc(C)cc1. The standard InChI is InChI=1S/C31H27N3O6S/c1-4-39-30(36)27-20(3)32-31-33(28(27)22-13-9-19(2)10-14-22)29(35)26(41-31)17-23-7-5-6-8-25(23)40-18-21-11-15-24(16-12-21)34(37)38/h5-17,28H,4,18H2,1-3H3/b26-17+/t28-/m1/s1. The van der Waals surface area contributed by atoms with Gasteiger partial charge in [-0.1, -0.05) is 59.4 Å². The number of para-hydroxylation sites is 1. The summed E-state index contributed by atoms with van der Waals surface area (Å²) in [7, 11) is 0. The zero-order valence-electron chi connectivity index (χ0n) is 22.7. The van der Waals surface area contributed by atoms with E-state index < -0.39 is 16.9 Å². The minimum absolute atomic E-state index is 0.00909. The van der Waals surface area contributed by atoms with Crippen LogP contribution in [-0.4, -0.2) is 22.1 Å². The summed E-state index contributed by atoms with van der Waals surface area (Å²) in [4.78, 5) is 42.5. The molecule has 0 aliphatic carbocycles. The number of hydrogen-bond acceptors (Lipinski definition) is 8. The second kappa shape index (κ2) is 11.7. The molecule has 0 amide bonds. The van der Waals surface area contributed by atoms with Gasteiger partial charge in [0.1, 0.15) is 12.4 Å². The highest BCUT2D eigenvalue weighted by Crippen LogP contribution is 2.31. The number of nitrogens with zero attached hydrogens (tertiary/aromatic N) is 3. The van der Waals surface area contributed by atoms with Crippen LogP contribution < -0.4 is 19.6 Å². The lowest BCUT2D eigenvalue weighted by molar-refractivity contribution is -0.384. The molecule has 0 saturated carbocycles. The average Bonchev–Trinajstić information content (AvgIpc) is 3.26. The lowest BCUT2D eigenvalue weighted by Crippen LogP contribution is -2.39. The van der Waals surface area contributed by atoms with Gasteiger partial charge in [0.2, 0.25) is 0 Å². The number of esters is 1. The minimum Gasteiger partial charge on any atom is -0.488 e. The Labute approximate surface area is 239 Å². The van der Waals surface area contributed by atoms with Gasteiger partial charge in [0.25, 0.3) is 11.2 Å². The molecule has 2 heterocycles. The molecule has 0 saturated heterocycles.